The van der Waals surface area contributed by atoms with Gasteiger partial charge in [0.25, 0.3) is 0 Å². The van der Waals surface area contributed by atoms with Gasteiger partial charge in [0.15, 0.2) is 6.29 Å². The predicted octanol–water partition coefficient (Wildman–Crippen LogP) is -1.97. The second kappa shape index (κ2) is 4.95. The summed E-state index contributed by atoms with van der Waals surface area (Å²) in [5.74, 6) is 0. The third-order valence-electron chi connectivity index (χ3n) is 3.36. The molecule has 0 bridgehead atoms. The van der Waals surface area contributed by atoms with E-state index in [1.165, 1.54) is 0 Å². The Bertz CT molecular complexity index is 235. The number of hydrogen-bond acceptors (Lipinski definition) is 6. The van der Waals surface area contributed by atoms with E-state index in [0.29, 0.717) is 0 Å². The molecule has 0 aromatic carbocycles. The molecule has 5 unspecified atom stereocenters. The van der Waals surface area contributed by atoms with Crippen molar-refractivity contribution in [2.45, 2.75) is 44.5 Å². The Labute approximate surface area is 94.9 Å². The Hall–Kier alpha value is -0.240. The van der Waals surface area contributed by atoms with Crippen LogP contribution in [0, 0.1) is 5.41 Å². The lowest BCUT2D eigenvalue weighted by Gasteiger charge is -2.38. The van der Waals surface area contributed by atoms with Crippen LogP contribution in [-0.2, 0) is 4.74 Å². The number of ether oxygens (including phenoxy) is 1. The summed E-state index contributed by atoms with van der Waals surface area (Å²) in [6.45, 7) is 2.98. The summed E-state index contributed by atoms with van der Waals surface area (Å²) in [6, 6.07) is -0.534. The minimum atomic E-state index is -1.23. The molecule has 1 heterocycles. The zero-order valence-electron chi connectivity index (χ0n) is 9.79. The maximum atomic E-state index is 10.0. The standard InChI is InChI=1S/C10H21NO5/c1-10(2)7(11-3)9(15)16-5(4-12)6(13)8(10)14/h5-9,11-15H,4H2,1-3H3. The van der Waals surface area contributed by atoms with E-state index in [2.05, 4.69) is 5.32 Å². The number of rotatable bonds is 2. The Morgan fingerprint density at radius 2 is 1.81 bits per heavy atom. The summed E-state index contributed by atoms with van der Waals surface area (Å²) in [4.78, 5) is 0. The molecule has 0 aromatic heterocycles. The van der Waals surface area contributed by atoms with E-state index in [9.17, 15) is 15.3 Å². The van der Waals surface area contributed by atoms with Crippen molar-refractivity contribution < 1.29 is 25.2 Å². The molecular formula is C10H21NO5. The molecule has 5 N–H and O–H groups in total. The van der Waals surface area contributed by atoms with Gasteiger partial charge in [0, 0.05) is 5.41 Å². The molecule has 0 saturated carbocycles. The Morgan fingerprint density at radius 3 is 2.25 bits per heavy atom. The minimum Gasteiger partial charge on any atom is -0.394 e. The maximum Gasteiger partial charge on any atom is 0.171 e. The molecule has 0 spiro atoms. The van der Waals surface area contributed by atoms with Crippen molar-refractivity contribution in [2.75, 3.05) is 13.7 Å². The quantitative estimate of drug-likeness (QED) is 0.380. The van der Waals surface area contributed by atoms with Crippen molar-refractivity contribution in [3.8, 4) is 0 Å². The molecule has 96 valence electrons. The van der Waals surface area contributed by atoms with Gasteiger partial charge in [-0.2, -0.15) is 0 Å². The molecule has 1 aliphatic heterocycles. The first-order valence-corrected chi connectivity index (χ1v) is 5.34. The van der Waals surface area contributed by atoms with Crippen LogP contribution in [0.4, 0.5) is 0 Å². The van der Waals surface area contributed by atoms with Crippen LogP contribution >= 0.6 is 0 Å². The third-order valence-corrected chi connectivity index (χ3v) is 3.36. The number of aliphatic hydroxyl groups excluding tert-OH is 4. The molecule has 1 aliphatic rings. The highest BCUT2D eigenvalue weighted by atomic mass is 16.6. The average molecular weight is 235 g/mol. The van der Waals surface area contributed by atoms with Crippen LogP contribution in [0.3, 0.4) is 0 Å². The van der Waals surface area contributed by atoms with Crippen LogP contribution in [0.15, 0.2) is 0 Å². The molecule has 1 rings (SSSR count). The van der Waals surface area contributed by atoms with Gasteiger partial charge in [0.1, 0.15) is 12.2 Å². The summed E-state index contributed by atoms with van der Waals surface area (Å²) in [5, 5.41) is 41.5. The van der Waals surface area contributed by atoms with E-state index < -0.39 is 42.7 Å². The highest BCUT2D eigenvalue weighted by molar-refractivity contribution is 4.98. The van der Waals surface area contributed by atoms with Gasteiger partial charge in [0.05, 0.1) is 18.8 Å². The molecule has 0 amide bonds. The largest absolute Gasteiger partial charge is 0.394 e. The van der Waals surface area contributed by atoms with E-state index in [1.807, 2.05) is 0 Å². The molecule has 0 radical (unpaired) electrons. The van der Waals surface area contributed by atoms with Crippen LogP contribution < -0.4 is 5.32 Å². The van der Waals surface area contributed by atoms with Gasteiger partial charge in [0.2, 0.25) is 0 Å². The highest BCUT2D eigenvalue weighted by Crippen LogP contribution is 2.34. The summed E-state index contributed by atoms with van der Waals surface area (Å²) < 4.78 is 5.12. The van der Waals surface area contributed by atoms with Gasteiger partial charge in [-0.25, -0.2) is 0 Å². The first-order valence-electron chi connectivity index (χ1n) is 5.34. The highest BCUT2D eigenvalue weighted by Gasteiger charge is 2.49. The summed E-state index contributed by atoms with van der Waals surface area (Å²) in [7, 11) is 1.64. The fourth-order valence-corrected chi connectivity index (χ4v) is 2.20. The summed E-state index contributed by atoms with van der Waals surface area (Å²) >= 11 is 0. The summed E-state index contributed by atoms with van der Waals surface area (Å²) in [6.07, 6.45) is -4.50. The Kier molecular flexibility index (Phi) is 4.28. The lowest BCUT2D eigenvalue weighted by Crippen LogP contribution is -2.54. The zero-order valence-corrected chi connectivity index (χ0v) is 9.79. The van der Waals surface area contributed by atoms with Crippen molar-refractivity contribution in [1.82, 2.24) is 5.32 Å². The van der Waals surface area contributed by atoms with E-state index in [-0.39, 0.29) is 0 Å². The second-order valence-electron chi connectivity index (χ2n) is 4.77. The van der Waals surface area contributed by atoms with E-state index in [4.69, 9.17) is 9.84 Å². The van der Waals surface area contributed by atoms with Crippen LogP contribution in [-0.4, -0.2) is 64.7 Å². The molecule has 1 saturated heterocycles. The van der Waals surface area contributed by atoms with Crippen LogP contribution in [0.2, 0.25) is 0 Å². The Morgan fingerprint density at radius 1 is 1.25 bits per heavy atom. The second-order valence-corrected chi connectivity index (χ2v) is 4.77. The van der Waals surface area contributed by atoms with Gasteiger partial charge in [-0.1, -0.05) is 13.8 Å². The molecule has 16 heavy (non-hydrogen) atoms. The molecular weight excluding hydrogens is 214 g/mol. The van der Waals surface area contributed by atoms with Gasteiger partial charge >= 0.3 is 0 Å². The van der Waals surface area contributed by atoms with Crippen LogP contribution in [0.5, 0.6) is 0 Å². The maximum absolute atomic E-state index is 10.0. The topological polar surface area (TPSA) is 102 Å². The average Bonchev–Trinajstić information content (AvgIpc) is 2.28. The van der Waals surface area contributed by atoms with E-state index >= 15 is 0 Å². The lowest BCUT2D eigenvalue weighted by atomic mass is 9.76. The fourth-order valence-electron chi connectivity index (χ4n) is 2.20. The molecule has 0 aliphatic carbocycles. The van der Waals surface area contributed by atoms with Gasteiger partial charge in [-0.15, -0.1) is 0 Å². The molecule has 0 aromatic rings. The third kappa shape index (κ3) is 2.22. The predicted molar refractivity (Wildman–Crippen MR) is 56.6 cm³/mol. The van der Waals surface area contributed by atoms with Crippen molar-refractivity contribution in [3.63, 3.8) is 0 Å². The van der Waals surface area contributed by atoms with E-state index in [0.717, 1.165) is 0 Å². The number of likely N-dealkylation sites (N-methyl/N-ethyl adjacent to an activating group) is 1. The minimum absolute atomic E-state index is 0.457. The fraction of sp³-hybridized carbons (Fsp3) is 1.00. The van der Waals surface area contributed by atoms with Gasteiger partial charge < -0.3 is 30.5 Å². The van der Waals surface area contributed by atoms with Crippen LogP contribution in [0.25, 0.3) is 0 Å². The zero-order chi connectivity index (χ0) is 12.5. The molecule has 6 nitrogen and oxygen atoms in total. The lowest BCUT2D eigenvalue weighted by molar-refractivity contribution is -0.180. The number of aliphatic hydroxyl groups is 4. The van der Waals surface area contributed by atoms with Crippen LogP contribution in [0.1, 0.15) is 13.8 Å². The Balaban J connectivity index is 3.02. The van der Waals surface area contributed by atoms with Crippen molar-refractivity contribution in [2.24, 2.45) is 5.41 Å². The van der Waals surface area contributed by atoms with Crippen molar-refractivity contribution in [3.05, 3.63) is 0 Å². The number of nitrogens with one attached hydrogen (secondary N) is 1. The molecule has 1 fully saturated rings. The molecule has 5 atom stereocenters. The normalized spacial score (nSPS) is 44.1. The number of hydrogen-bond donors (Lipinski definition) is 5. The smallest absolute Gasteiger partial charge is 0.171 e. The van der Waals surface area contributed by atoms with Gasteiger partial charge in [-0.05, 0) is 7.05 Å². The first-order chi connectivity index (χ1) is 7.36. The first kappa shape index (κ1) is 13.8. The monoisotopic (exact) mass is 235 g/mol. The SMILES string of the molecule is CNC1C(O)OC(CO)C(O)C(O)C1(C)C. The van der Waals surface area contributed by atoms with Gasteiger partial charge in [-0.3, -0.25) is 0 Å². The van der Waals surface area contributed by atoms with Crippen molar-refractivity contribution >= 4 is 0 Å². The summed E-state index contributed by atoms with van der Waals surface area (Å²) in [5.41, 5.74) is -0.780. The van der Waals surface area contributed by atoms with E-state index in [1.54, 1.807) is 20.9 Å². The molecule has 6 heteroatoms. The van der Waals surface area contributed by atoms with Crippen molar-refractivity contribution in [1.29, 1.82) is 0 Å².